The number of ether oxygens (including phenoxy) is 1. The number of nitrogens with one attached hydrogen (secondary N) is 2. The summed E-state index contributed by atoms with van der Waals surface area (Å²) in [6.45, 7) is 1.41. The summed E-state index contributed by atoms with van der Waals surface area (Å²) in [6, 6.07) is 8.74. The van der Waals surface area contributed by atoms with Crippen LogP contribution in [0.1, 0.15) is 12.0 Å². The maximum absolute atomic E-state index is 13.4. The second kappa shape index (κ2) is 9.19. The van der Waals surface area contributed by atoms with Gasteiger partial charge in [0.05, 0.1) is 0 Å². The molecule has 1 saturated heterocycles. The van der Waals surface area contributed by atoms with Gasteiger partial charge in [-0.15, -0.1) is 13.2 Å². The van der Waals surface area contributed by atoms with Crippen LogP contribution in [0.15, 0.2) is 42.5 Å². The molecule has 2 N–H and O–H groups in total. The van der Waals surface area contributed by atoms with E-state index >= 15 is 0 Å². The molecule has 0 bridgehead atoms. The lowest BCUT2D eigenvalue weighted by molar-refractivity contribution is -0.274. The number of rotatable bonds is 6. The predicted molar refractivity (Wildman–Crippen MR) is 100 cm³/mol. The molecule has 1 aliphatic heterocycles. The fraction of sp³-hybridized carbons (Fsp3) is 0.350. The maximum Gasteiger partial charge on any atom is 0.573 e. The molecule has 5 nitrogen and oxygen atoms in total. The quantitative estimate of drug-likeness (QED) is 0.678. The molecule has 0 radical (unpaired) electrons. The number of carbonyl (C=O) groups is 1. The first-order valence-corrected chi connectivity index (χ1v) is 9.26. The molecule has 0 spiro atoms. The van der Waals surface area contributed by atoms with Crippen LogP contribution >= 0.6 is 0 Å². The van der Waals surface area contributed by atoms with Gasteiger partial charge in [0, 0.05) is 43.5 Å². The zero-order valence-electron chi connectivity index (χ0n) is 15.8. The second-order valence-electron chi connectivity index (χ2n) is 6.92. The Labute approximate surface area is 169 Å². The Morgan fingerprint density at radius 1 is 1.10 bits per heavy atom. The highest BCUT2D eigenvalue weighted by Gasteiger charge is 2.32. The third kappa shape index (κ3) is 5.98. The Morgan fingerprint density at radius 3 is 2.60 bits per heavy atom. The van der Waals surface area contributed by atoms with Crippen LogP contribution in [0.25, 0.3) is 0 Å². The largest absolute Gasteiger partial charge is 0.573 e. The van der Waals surface area contributed by atoms with Gasteiger partial charge in [-0.05, 0) is 30.5 Å². The first-order valence-electron chi connectivity index (χ1n) is 9.26. The zero-order valence-corrected chi connectivity index (χ0v) is 15.8. The topological polar surface area (TPSA) is 53.6 Å². The van der Waals surface area contributed by atoms with E-state index in [0.717, 1.165) is 18.6 Å². The van der Waals surface area contributed by atoms with E-state index in [1.807, 2.05) is 4.90 Å². The molecule has 2 aromatic rings. The number of carbonyl (C=O) groups excluding carboxylic acids is 1. The molecule has 1 atom stereocenters. The van der Waals surface area contributed by atoms with Crippen LogP contribution in [0.3, 0.4) is 0 Å². The van der Waals surface area contributed by atoms with Crippen molar-refractivity contribution in [1.29, 1.82) is 0 Å². The van der Waals surface area contributed by atoms with Crippen molar-refractivity contribution < 1.29 is 31.5 Å². The van der Waals surface area contributed by atoms with Crippen LogP contribution < -0.4 is 20.3 Å². The summed E-state index contributed by atoms with van der Waals surface area (Å²) >= 11 is 0. The Morgan fingerprint density at radius 2 is 1.87 bits per heavy atom. The Kier molecular flexibility index (Phi) is 6.63. The minimum absolute atomic E-state index is 0.102. The third-order valence-electron chi connectivity index (χ3n) is 4.74. The summed E-state index contributed by atoms with van der Waals surface area (Å²) in [5.74, 6) is -2.09. The molecule has 3 rings (SSSR count). The van der Waals surface area contributed by atoms with Gasteiger partial charge in [-0.1, -0.05) is 18.2 Å². The molecule has 0 aliphatic carbocycles. The van der Waals surface area contributed by atoms with Crippen LogP contribution in [0.4, 0.5) is 32.4 Å². The van der Waals surface area contributed by atoms with Crippen molar-refractivity contribution in [2.24, 2.45) is 5.92 Å². The highest BCUT2D eigenvalue weighted by atomic mass is 19.4. The molecule has 1 heterocycles. The van der Waals surface area contributed by atoms with E-state index in [1.54, 1.807) is 6.07 Å². The molecule has 1 fully saturated rings. The molecule has 1 unspecified atom stereocenters. The van der Waals surface area contributed by atoms with Gasteiger partial charge in [-0.25, -0.2) is 13.6 Å². The second-order valence-corrected chi connectivity index (χ2v) is 6.92. The van der Waals surface area contributed by atoms with E-state index in [4.69, 9.17) is 0 Å². The molecule has 0 saturated carbocycles. The van der Waals surface area contributed by atoms with E-state index in [1.165, 1.54) is 24.3 Å². The van der Waals surface area contributed by atoms with E-state index in [0.29, 0.717) is 25.3 Å². The van der Waals surface area contributed by atoms with Crippen molar-refractivity contribution in [2.45, 2.75) is 19.3 Å². The minimum Gasteiger partial charge on any atom is -0.405 e. The van der Waals surface area contributed by atoms with Crippen LogP contribution in [0, 0.1) is 17.6 Å². The number of urea groups is 1. The van der Waals surface area contributed by atoms with Gasteiger partial charge in [-0.3, -0.25) is 0 Å². The molecule has 162 valence electrons. The third-order valence-corrected chi connectivity index (χ3v) is 4.74. The standard InChI is InChI=1S/C20H20F5N3O2/c21-16-6-5-15(9-17(16)22)28-8-7-13(12-28)10-26-19(29)27-11-14-3-1-2-4-18(14)30-20(23,24)25/h1-6,9,13H,7-8,10-12H2,(H2,26,27,29). The SMILES string of the molecule is O=C(NCc1ccccc1OC(F)(F)F)NCC1CCN(c2ccc(F)c(F)c2)C1. The van der Waals surface area contributed by atoms with Crippen LogP contribution in [-0.2, 0) is 6.54 Å². The summed E-state index contributed by atoms with van der Waals surface area (Å²) in [6.07, 6.45) is -4.07. The maximum atomic E-state index is 13.4. The molecule has 2 amide bonds. The van der Waals surface area contributed by atoms with Gasteiger partial charge in [-0.2, -0.15) is 0 Å². The molecule has 1 aliphatic rings. The van der Waals surface area contributed by atoms with Crippen molar-refractivity contribution in [3.05, 3.63) is 59.7 Å². The number of nitrogens with zero attached hydrogens (tertiary/aromatic N) is 1. The number of anilines is 1. The number of para-hydroxylation sites is 1. The predicted octanol–water partition coefficient (Wildman–Crippen LogP) is 4.19. The number of hydrogen-bond donors (Lipinski definition) is 2. The summed E-state index contributed by atoms with van der Waals surface area (Å²) in [5, 5.41) is 5.18. The molecular formula is C20H20F5N3O2. The van der Waals surface area contributed by atoms with Crippen LogP contribution in [0.5, 0.6) is 5.75 Å². The number of amides is 2. The average molecular weight is 429 g/mol. The lowest BCUT2D eigenvalue weighted by atomic mass is 10.1. The first kappa shape index (κ1) is 21.7. The lowest BCUT2D eigenvalue weighted by Crippen LogP contribution is -2.38. The van der Waals surface area contributed by atoms with Crippen molar-refractivity contribution >= 4 is 11.7 Å². The summed E-state index contributed by atoms with van der Waals surface area (Å²) < 4.78 is 67.7. The Bertz CT molecular complexity index is 891. The normalized spacial score (nSPS) is 16.4. The van der Waals surface area contributed by atoms with Gasteiger partial charge in [0.1, 0.15) is 5.75 Å². The van der Waals surface area contributed by atoms with E-state index in [2.05, 4.69) is 15.4 Å². The summed E-state index contributed by atoms with van der Waals surface area (Å²) in [4.78, 5) is 13.9. The summed E-state index contributed by atoms with van der Waals surface area (Å²) in [7, 11) is 0. The molecule has 10 heteroatoms. The van der Waals surface area contributed by atoms with Crippen molar-refractivity contribution in [1.82, 2.24) is 10.6 Å². The van der Waals surface area contributed by atoms with E-state index in [-0.39, 0.29) is 23.8 Å². The van der Waals surface area contributed by atoms with Crippen LogP contribution in [-0.4, -0.2) is 32.0 Å². The monoisotopic (exact) mass is 429 g/mol. The smallest absolute Gasteiger partial charge is 0.405 e. The zero-order chi connectivity index (χ0) is 21.7. The molecule has 2 aromatic carbocycles. The van der Waals surface area contributed by atoms with Gasteiger partial charge in [0.2, 0.25) is 0 Å². The fourth-order valence-corrected chi connectivity index (χ4v) is 3.26. The number of alkyl halides is 3. The van der Waals surface area contributed by atoms with Gasteiger partial charge < -0.3 is 20.3 Å². The minimum atomic E-state index is -4.82. The first-order chi connectivity index (χ1) is 14.2. The van der Waals surface area contributed by atoms with Crippen molar-refractivity contribution in [3.8, 4) is 5.75 Å². The molecule has 0 aromatic heterocycles. The number of benzene rings is 2. The Hall–Kier alpha value is -3.04. The lowest BCUT2D eigenvalue weighted by Gasteiger charge is -2.19. The molecular weight excluding hydrogens is 409 g/mol. The van der Waals surface area contributed by atoms with Gasteiger partial charge in [0.25, 0.3) is 0 Å². The highest BCUT2D eigenvalue weighted by Crippen LogP contribution is 2.26. The van der Waals surface area contributed by atoms with Gasteiger partial charge in [0.15, 0.2) is 11.6 Å². The fourth-order valence-electron chi connectivity index (χ4n) is 3.26. The number of halogens is 5. The van der Waals surface area contributed by atoms with E-state index < -0.39 is 24.0 Å². The summed E-state index contributed by atoms with van der Waals surface area (Å²) in [5.41, 5.74) is 0.762. The van der Waals surface area contributed by atoms with Gasteiger partial charge >= 0.3 is 12.4 Å². The van der Waals surface area contributed by atoms with E-state index in [9.17, 15) is 26.7 Å². The number of hydrogen-bond acceptors (Lipinski definition) is 3. The van der Waals surface area contributed by atoms with Crippen LogP contribution in [0.2, 0.25) is 0 Å². The van der Waals surface area contributed by atoms with Crippen molar-refractivity contribution in [3.63, 3.8) is 0 Å². The van der Waals surface area contributed by atoms with Crippen molar-refractivity contribution in [2.75, 3.05) is 24.5 Å². The molecule has 30 heavy (non-hydrogen) atoms. The Balaban J connectivity index is 1.45. The highest BCUT2D eigenvalue weighted by molar-refractivity contribution is 5.73. The average Bonchev–Trinajstić information content (AvgIpc) is 3.16.